The van der Waals surface area contributed by atoms with Crippen LogP contribution in [0.5, 0.6) is 0 Å². The molecule has 2 aromatic rings. The van der Waals surface area contributed by atoms with Gasteiger partial charge in [0, 0.05) is 18.0 Å². The lowest BCUT2D eigenvalue weighted by atomic mass is 9.83. The van der Waals surface area contributed by atoms with Crippen molar-refractivity contribution in [3.8, 4) is 0 Å². The predicted octanol–water partition coefficient (Wildman–Crippen LogP) is 4.85. The summed E-state index contributed by atoms with van der Waals surface area (Å²) in [5, 5.41) is 0. The van der Waals surface area contributed by atoms with E-state index in [-0.39, 0.29) is 30.0 Å². The monoisotopic (exact) mass is 417 g/mol. The van der Waals surface area contributed by atoms with Gasteiger partial charge in [-0.25, -0.2) is 18.0 Å². The van der Waals surface area contributed by atoms with Crippen molar-refractivity contribution in [1.29, 1.82) is 0 Å². The minimum atomic E-state index is -1.03. The first-order valence-corrected chi connectivity index (χ1v) is 9.59. The van der Waals surface area contributed by atoms with Crippen molar-refractivity contribution >= 4 is 11.9 Å². The molecule has 3 rings (SSSR count). The van der Waals surface area contributed by atoms with Crippen LogP contribution in [0.3, 0.4) is 0 Å². The first kappa shape index (κ1) is 21.6. The Bertz CT molecular complexity index is 1020. The van der Waals surface area contributed by atoms with Gasteiger partial charge in [-0.15, -0.1) is 0 Å². The van der Waals surface area contributed by atoms with E-state index in [0.717, 1.165) is 12.1 Å². The minimum absolute atomic E-state index is 0.0513. The lowest BCUT2D eigenvalue weighted by Crippen LogP contribution is -2.38. The minimum Gasteiger partial charge on any atom is -0.460 e. The van der Waals surface area contributed by atoms with Crippen LogP contribution in [-0.2, 0) is 20.9 Å². The van der Waals surface area contributed by atoms with E-state index in [4.69, 9.17) is 4.74 Å². The molecule has 0 aliphatic carbocycles. The van der Waals surface area contributed by atoms with Gasteiger partial charge in [-0.05, 0) is 50.1 Å². The molecule has 30 heavy (non-hydrogen) atoms. The van der Waals surface area contributed by atoms with Gasteiger partial charge in [-0.1, -0.05) is 24.3 Å². The Balaban J connectivity index is 2.06. The van der Waals surface area contributed by atoms with Crippen LogP contribution in [-0.4, -0.2) is 22.9 Å². The number of carbonyl (C=O) groups is 2. The fraction of sp³-hybridized carbons (Fsp3) is 0.304. The van der Waals surface area contributed by atoms with E-state index in [9.17, 15) is 22.8 Å². The fourth-order valence-corrected chi connectivity index (χ4v) is 3.59. The summed E-state index contributed by atoms with van der Waals surface area (Å²) in [5.74, 6) is -4.33. The molecule has 1 amide bonds. The Morgan fingerprint density at radius 1 is 1.10 bits per heavy atom. The highest BCUT2D eigenvalue weighted by Crippen LogP contribution is 2.38. The molecule has 1 unspecified atom stereocenters. The van der Waals surface area contributed by atoms with Gasteiger partial charge in [0.1, 0.15) is 5.82 Å². The van der Waals surface area contributed by atoms with E-state index in [1.54, 1.807) is 26.8 Å². The maximum absolute atomic E-state index is 14.5. The number of allylic oxidation sites excluding steroid dienone is 1. The smallest absolute Gasteiger partial charge is 0.336 e. The molecule has 158 valence electrons. The summed E-state index contributed by atoms with van der Waals surface area (Å²) in [6.45, 7) is 4.91. The largest absolute Gasteiger partial charge is 0.460 e. The number of hydrogen-bond acceptors (Lipinski definition) is 3. The van der Waals surface area contributed by atoms with E-state index < -0.39 is 35.4 Å². The van der Waals surface area contributed by atoms with E-state index in [2.05, 4.69) is 0 Å². The van der Waals surface area contributed by atoms with Gasteiger partial charge in [0.25, 0.3) is 0 Å². The molecular weight excluding hydrogens is 395 g/mol. The van der Waals surface area contributed by atoms with Crippen molar-refractivity contribution in [2.24, 2.45) is 0 Å². The molecule has 4 nitrogen and oxygen atoms in total. The predicted molar refractivity (Wildman–Crippen MR) is 105 cm³/mol. The van der Waals surface area contributed by atoms with Gasteiger partial charge < -0.3 is 9.64 Å². The lowest BCUT2D eigenvalue weighted by molar-refractivity contribution is -0.143. The maximum atomic E-state index is 14.5. The molecule has 0 N–H and O–H groups in total. The standard InChI is InChI=1S/C23H22F3NO3/c1-13(2)30-23(29)22-14(3)27(12-15-8-9-19(25)20(26)10-15)21(28)11-17(22)16-6-4-5-7-18(16)24/h4-10,13,17H,11-12H2,1-3H3. The maximum Gasteiger partial charge on any atom is 0.336 e. The average molecular weight is 417 g/mol. The summed E-state index contributed by atoms with van der Waals surface area (Å²) in [6.07, 6.45) is -0.554. The van der Waals surface area contributed by atoms with Crippen molar-refractivity contribution in [2.45, 2.75) is 45.8 Å². The lowest BCUT2D eigenvalue weighted by Gasteiger charge is -2.35. The van der Waals surface area contributed by atoms with Gasteiger partial charge in [0.05, 0.1) is 18.2 Å². The molecule has 0 spiro atoms. The zero-order chi connectivity index (χ0) is 22.0. The van der Waals surface area contributed by atoms with Gasteiger partial charge in [-0.3, -0.25) is 4.79 Å². The molecule has 0 bridgehead atoms. The molecule has 1 atom stereocenters. The number of nitrogens with zero attached hydrogens (tertiary/aromatic N) is 1. The summed E-state index contributed by atoms with van der Waals surface area (Å²) in [4.78, 5) is 27.1. The number of hydrogen-bond donors (Lipinski definition) is 0. The van der Waals surface area contributed by atoms with E-state index >= 15 is 0 Å². The summed E-state index contributed by atoms with van der Waals surface area (Å²) in [7, 11) is 0. The second-order valence-corrected chi connectivity index (χ2v) is 7.46. The van der Waals surface area contributed by atoms with E-state index in [1.807, 2.05) is 0 Å². The van der Waals surface area contributed by atoms with Crippen molar-refractivity contribution in [3.05, 3.63) is 82.3 Å². The molecule has 0 fully saturated rings. The van der Waals surface area contributed by atoms with Crippen LogP contribution in [0, 0.1) is 17.5 Å². The first-order chi connectivity index (χ1) is 14.2. The van der Waals surface area contributed by atoms with Crippen molar-refractivity contribution in [2.75, 3.05) is 0 Å². The van der Waals surface area contributed by atoms with Crippen LogP contribution in [0.25, 0.3) is 0 Å². The third kappa shape index (κ3) is 4.40. The topological polar surface area (TPSA) is 46.6 Å². The highest BCUT2D eigenvalue weighted by atomic mass is 19.2. The summed E-state index contributed by atoms with van der Waals surface area (Å²) in [5.41, 5.74) is 1.07. The highest BCUT2D eigenvalue weighted by molar-refractivity contribution is 5.96. The van der Waals surface area contributed by atoms with Crippen LogP contribution < -0.4 is 0 Å². The van der Waals surface area contributed by atoms with Crippen molar-refractivity contribution < 1.29 is 27.5 Å². The summed E-state index contributed by atoms with van der Waals surface area (Å²) in [6, 6.07) is 9.33. The molecule has 1 aliphatic rings. The zero-order valence-corrected chi connectivity index (χ0v) is 16.9. The van der Waals surface area contributed by atoms with Gasteiger partial charge in [0.2, 0.25) is 5.91 Å². The SMILES string of the molecule is CC1=C(C(=O)OC(C)C)C(c2ccccc2F)CC(=O)N1Cc1ccc(F)c(F)c1. The second-order valence-electron chi connectivity index (χ2n) is 7.46. The van der Waals surface area contributed by atoms with Gasteiger partial charge in [0.15, 0.2) is 11.6 Å². The third-order valence-corrected chi connectivity index (χ3v) is 4.99. The number of ether oxygens (including phenoxy) is 1. The van der Waals surface area contributed by atoms with Crippen molar-refractivity contribution in [3.63, 3.8) is 0 Å². The molecule has 1 aliphatic heterocycles. The number of amides is 1. The third-order valence-electron chi connectivity index (χ3n) is 4.99. The first-order valence-electron chi connectivity index (χ1n) is 9.59. The van der Waals surface area contributed by atoms with Gasteiger partial charge >= 0.3 is 5.97 Å². The van der Waals surface area contributed by atoms with Crippen LogP contribution in [0.15, 0.2) is 53.7 Å². The molecule has 7 heteroatoms. The molecule has 0 aromatic heterocycles. The fourth-order valence-electron chi connectivity index (χ4n) is 3.59. The Hall–Kier alpha value is -3.09. The zero-order valence-electron chi connectivity index (χ0n) is 16.9. The Morgan fingerprint density at radius 2 is 1.80 bits per heavy atom. The molecule has 0 radical (unpaired) electrons. The number of benzene rings is 2. The van der Waals surface area contributed by atoms with Crippen LogP contribution in [0.1, 0.15) is 44.2 Å². The molecule has 1 heterocycles. The summed E-state index contributed by atoms with van der Waals surface area (Å²) >= 11 is 0. The van der Waals surface area contributed by atoms with E-state index in [0.29, 0.717) is 11.3 Å². The van der Waals surface area contributed by atoms with Crippen molar-refractivity contribution in [1.82, 2.24) is 4.90 Å². The Labute approximate surface area is 173 Å². The molecule has 0 saturated carbocycles. The van der Waals surface area contributed by atoms with Crippen LogP contribution >= 0.6 is 0 Å². The number of esters is 1. The van der Waals surface area contributed by atoms with Gasteiger partial charge in [-0.2, -0.15) is 0 Å². The molecular formula is C23H22F3NO3. The molecule has 2 aromatic carbocycles. The molecule has 0 saturated heterocycles. The Morgan fingerprint density at radius 3 is 2.43 bits per heavy atom. The second kappa shape index (κ2) is 8.73. The Kier molecular flexibility index (Phi) is 6.29. The van der Waals surface area contributed by atoms with Crippen LogP contribution in [0.2, 0.25) is 0 Å². The quantitative estimate of drug-likeness (QED) is 0.654. The average Bonchev–Trinajstić information content (AvgIpc) is 2.67. The summed E-state index contributed by atoms with van der Waals surface area (Å²) < 4.78 is 46.7. The van der Waals surface area contributed by atoms with E-state index in [1.165, 1.54) is 29.2 Å². The number of rotatable bonds is 5. The normalized spacial score (nSPS) is 17.0. The number of halogens is 3. The van der Waals surface area contributed by atoms with Crippen LogP contribution in [0.4, 0.5) is 13.2 Å². The highest BCUT2D eigenvalue weighted by Gasteiger charge is 2.38. The number of carbonyl (C=O) groups excluding carboxylic acids is 2.